The number of hydrogen-bond acceptors (Lipinski definition) is 3. The maximum absolute atomic E-state index is 12.6. The van der Waals surface area contributed by atoms with Crippen LogP contribution in [0.4, 0.5) is 5.82 Å². The normalized spacial score (nSPS) is 13.7. The fraction of sp³-hybridized carbons (Fsp3) is 0.250. The number of nitrogens with one attached hydrogen (secondary N) is 1. The van der Waals surface area contributed by atoms with Crippen LogP contribution in [0.15, 0.2) is 36.4 Å². The van der Waals surface area contributed by atoms with Gasteiger partial charge in [-0.25, -0.2) is 4.98 Å². The van der Waals surface area contributed by atoms with Crippen LogP contribution < -0.4 is 5.32 Å². The molecule has 1 N–H and O–H groups in total. The third-order valence-electron chi connectivity index (χ3n) is 3.72. The van der Waals surface area contributed by atoms with E-state index in [1.807, 2.05) is 12.1 Å². The van der Waals surface area contributed by atoms with E-state index in [2.05, 4.69) is 22.4 Å². The Hall–Kier alpha value is -2.07. The Balaban J connectivity index is 1.87. The van der Waals surface area contributed by atoms with E-state index >= 15 is 0 Å². The Morgan fingerprint density at radius 2 is 2.00 bits per heavy atom. The van der Waals surface area contributed by atoms with E-state index < -0.39 is 0 Å². The molecule has 0 radical (unpaired) electrons. The number of rotatable bonds is 2. The van der Waals surface area contributed by atoms with Gasteiger partial charge in [0, 0.05) is 20.1 Å². The summed E-state index contributed by atoms with van der Waals surface area (Å²) in [6.45, 7) is 1.30. The van der Waals surface area contributed by atoms with Gasteiger partial charge in [-0.05, 0) is 29.7 Å². The zero-order valence-electron chi connectivity index (χ0n) is 11.8. The lowest BCUT2D eigenvalue weighted by molar-refractivity contribution is 0.0729. The van der Waals surface area contributed by atoms with E-state index in [4.69, 9.17) is 11.6 Å². The lowest BCUT2D eigenvalue weighted by atomic mass is 10.00. The van der Waals surface area contributed by atoms with Gasteiger partial charge in [-0.1, -0.05) is 35.9 Å². The summed E-state index contributed by atoms with van der Waals surface area (Å²) in [6, 6.07) is 11.7. The molecule has 1 aromatic heterocycles. The Kier molecular flexibility index (Phi) is 3.80. The lowest BCUT2D eigenvalue weighted by Crippen LogP contribution is -2.36. The summed E-state index contributed by atoms with van der Waals surface area (Å²) in [6.07, 6.45) is 0.866. The van der Waals surface area contributed by atoms with E-state index in [9.17, 15) is 4.79 Å². The molecule has 4 nitrogen and oxygen atoms in total. The van der Waals surface area contributed by atoms with Crippen LogP contribution in [-0.2, 0) is 13.0 Å². The van der Waals surface area contributed by atoms with E-state index in [1.54, 1.807) is 24.1 Å². The van der Waals surface area contributed by atoms with Crippen molar-refractivity contribution in [2.45, 2.75) is 13.0 Å². The summed E-state index contributed by atoms with van der Waals surface area (Å²) in [5.74, 6) is 0.520. The molecule has 3 rings (SSSR count). The van der Waals surface area contributed by atoms with Crippen LogP contribution in [0.3, 0.4) is 0 Å². The summed E-state index contributed by atoms with van der Waals surface area (Å²) in [4.78, 5) is 18.7. The monoisotopic (exact) mass is 301 g/mol. The minimum Gasteiger partial charge on any atom is -0.373 e. The molecule has 0 saturated heterocycles. The largest absolute Gasteiger partial charge is 0.373 e. The van der Waals surface area contributed by atoms with Crippen LogP contribution in [0.1, 0.15) is 21.6 Å². The van der Waals surface area contributed by atoms with Gasteiger partial charge in [0.15, 0.2) is 0 Å². The second kappa shape index (κ2) is 5.74. The van der Waals surface area contributed by atoms with Crippen LogP contribution in [-0.4, -0.2) is 29.4 Å². The average molecular weight is 302 g/mol. The molecule has 0 fully saturated rings. The average Bonchev–Trinajstić information content (AvgIpc) is 2.54. The van der Waals surface area contributed by atoms with Crippen LogP contribution in [0.2, 0.25) is 5.02 Å². The molecule has 1 amide bonds. The third-order valence-corrected chi connectivity index (χ3v) is 4.03. The number of carbonyl (C=O) groups excluding carboxylic acids is 1. The zero-order valence-corrected chi connectivity index (χ0v) is 12.5. The number of nitrogens with zero attached hydrogens (tertiary/aromatic N) is 2. The minimum atomic E-state index is -0.119. The molecule has 108 valence electrons. The van der Waals surface area contributed by atoms with Crippen molar-refractivity contribution < 1.29 is 4.79 Å². The van der Waals surface area contributed by atoms with Gasteiger partial charge in [-0.2, -0.15) is 0 Å². The predicted octanol–water partition coefficient (Wildman–Crippen LogP) is 2.98. The Morgan fingerprint density at radius 3 is 2.76 bits per heavy atom. The van der Waals surface area contributed by atoms with Gasteiger partial charge in [0.25, 0.3) is 5.91 Å². The van der Waals surface area contributed by atoms with Crippen molar-refractivity contribution in [3.63, 3.8) is 0 Å². The van der Waals surface area contributed by atoms with Gasteiger partial charge in [0.1, 0.15) is 11.5 Å². The van der Waals surface area contributed by atoms with Gasteiger partial charge < -0.3 is 10.2 Å². The fourth-order valence-corrected chi connectivity index (χ4v) is 2.74. The second-order valence-corrected chi connectivity index (χ2v) is 5.43. The van der Waals surface area contributed by atoms with E-state index in [0.717, 1.165) is 6.42 Å². The molecule has 0 atom stereocenters. The van der Waals surface area contributed by atoms with Gasteiger partial charge >= 0.3 is 0 Å². The third kappa shape index (κ3) is 2.72. The maximum Gasteiger partial charge on any atom is 0.274 e. The van der Waals surface area contributed by atoms with Gasteiger partial charge in [-0.3, -0.25) is 4.79 Å². The second-order valence-electron chi connectivity index (χ2n) is 5.02. The zero-order chi connectivity index (χ0) is 14.8. The molecule has 5 heteroatoms. The molecule has 0 aliphatic carbocycles. The predicted molar refractivity (Wildman–Crippen MR) is 83.7 cm³/mol. The molecule has 0 spiro atoms. The number of amides is 1. The topological polar surface area (TPSA) is 45.2 Å². The van der Waals surface area contributed by atoms with E-state index in [-0.39, 0.29) is 5.91 Å². The molecule has 1 aromatic carbocycles. The quantitative estimate of drug-likeness (QED) is 0.927. The number of halogens is 1. The molecule has 2 aromatic rings. The highest BCUT2D eigenvalue weighted by molar-refractivity contribution is 6.33. The highest BCUT2D eigenvalue weighted by atomic mass is 35.5. The number of pyridine rings is 1. The Bertz CT molecular complexity index is 687. The van der Waals surface area contributed by atoms with Gasteiger partial charge in [0.2, 0.25) is 0 Å². The summed E-state index contributed by atoms with van der Waals surface area (Å²) >= 11 is 6.13. The minimum absolute atomic E-state index is 0.119. The molecular formula is C16H16ClN3O. The number of carbonyl (C=O) groups is 1. The number of benzene rings is 1. The first kappa shape index (κ1) is 13.9. The van der Waals surface area contributed by atoms with Gasteiger partial charge in [-0.15, -0.1) is 0 Å². The van der Waals surface area contributed by atoms with Crippen molar-refractivity contribution in [2.24, 2.45) is 0 Å². The number of aromatic nitrogens is 1. The van der Waals surface area contributed by atoms with Crippen molar-refractivity contribution in [3.05, 3.63) is 58.2 Å². The Labute approximate surface area is 128 Å². The maximum atomic E-state index is 12.6. The van der Waals surface area contributed by atoms with Crippen molar-refractivity contribution in [1.29, 1.82) is 0 Å². The molecule has 1 aliphatic heterocycles. The first-order valence-corrected chi connectivity index (χ1v) is 7.27. The first-order valence-electron chi connectivity index (χ1n) is 6.89. The summed E-state index contributed by atoms with van der Waals surface area (Å²) < 4.78 is 0. The van der Waals surface area contributed by atoms with Crippen molar-refractivity contribution in [3.8, 4) is 0 Å². The van der Waals surface area contributed by atoms with E-state index in [1.165, 1.54) is 11.1 Å². The standard InChI is InChI=1S/C16H16ClN3O/c1-18-14-7-6-13(17)15(19-14)16(21)20-9-8-11-4-2-3-5-12(11)10-20/h2-7H,8-10H2,1H3,(H,18,19). The SMILES string of the molecule is CNc1ccc(Cl)c(C(=O)N2CCc3ccccc3C2)n1. The molecule has 2 heterocycles. The van der Waals surface area contributed by atoms with Crippen LogP contribution in [0, 0.1) is 0 Å². The lowest BCUT2D eigenvalue weighted by Gasteiger charge is -2.28. The fourth-order valence-electron chi connectivity index (χ4n) is 2.55. The van der Waals surface area contributed by atoms with Crippen LogP contribution >= 0.6 is 11.6 Å². The summed E-state index contributed by atoms with van der Waals surface area (Å²) in [5, 5.41) is 3.31. The number of anilines is 1. The van der Waals surface area contributed by atoms with Crippen molar-refractivity contribution in [1.82, 2.24) is 9.88 Å². The number of hydrogen-bond donors (Lipinski definition) is 1. The molecule has 21 heavy (non-hydrogen) atoms. The molecular weight excluding hydrogens is 286 g/mol. The Morgan fingerprint density at radius 1 is 1.24 bits per heavy atom. The highest BCUT2D eigenvalue weighted by Gasteiger charge is 2.24. The smallest absolute Gasteiger partial charge is 0.274 e. The molecule has 0 bridgehead atoms. The first-order chi connectivity index (χ1) is 10.2. The van der Waals surface area contributed by atoms with Crippen LogP contribution in [0.25, 0.3) is 0 Å². The van der Waals surface area contributed by atoms with Crippen molar-refractivity contribution >= 4 is 23.3 Å². The highest BCUT2D eigenvalue weighted by Crippen LogP contribution is 2.23. The summed E-state index contributed by atoms with van der Waals surface area (Å²) in [7, 11) is 1.77. The molecule has 0 saturated carbocycles. The number of fused-ring (bicyclic) bond motifs is 1. The van der Waals surface area contributed by atoms with Gasteiger partial charge in [0.05, 0.1) is 5.02 Å². The van der Waals surface area contributed by atoms with Crippen molar-refractivity contribution in [2.75, 3.05) is 18.9 Å². The molecule has 0 unspecified atom stereocenters. The van der Waals surface area contributed by atoms with E-state index in [0.29, 0.717) is 29.6 Å². The summed E-state index contributed by atoms with van der Waals surface area (Å²) in [5.41, 5.74) is 2.81. The van der Waals surface area contributed by atoms with Crippen LogP contribution in [0.5, 0.6) is 0 Å². The molecule has 1 aliphatic rings.